The second kappa shape index (κ2) is 4.77. The van der Waals surface area contributed by atoms with E-state index < -0.39 is 32.9 Å². The summed E-state index contributed by atoms with van der Waals surface area (Å²) in [4.78, 5) is 0. The van der Waals surface area contributed by atoms with Gasteiger partial charge >= 0.3 is 0 Å². The van der Waals surface area contributed by atoms with Crippen LogP contribution >= 0.6 is 32.0 Å². The molecule has 128 valence electrons. The molecule has 0 saturated carbocycles. The van der Waals surface area contributed by atoms with E-state index in [1.54, 1.807) is 0 Å². The van der Waals surface area contributed by atoms with E-state index in [1.807, 2.05) is 6.55 Å². The van der Waals surface area contributed by atoms with E-state index in [0.717, 1.165) is 0 Å². The monoisotopic (exact) mass is 424 g/mol. The van der Waals surface area contributed by atoms with Crippen molar-refractivity contribution in [3.63, 3.8) is 0 Å². The summed E-state index contributed by atoms with van der Waals surface area (Å²) in [5, 5.41) is 0.576. The Morgan fingerprint density at radius 3 is 0.900 bits per heavy atom. The summed E-state index contributed by atoms with van der Waals surface area (Å²) in [6.07, 6.45) is 8.90. The average molecular weight is 426 g/mol. The van der Waals surface area contributed by atoms with E-state index in [2.05, 4.69) is 0 Å². The second-order valence-electron chi connectivity index (χ2n) is 8.00. The SMILES string of the molecule is C[Si](CS(C)(C)(=O)Cl)(CS(C)(C)(=O)Cl)CS(C)(C)(=O)Cl. The van der Waals surface area contributed by atoms with E-state index in [0.29, 0.717) is 0 Å². The van der Waals surface area contributed by atoms with Gasteiger partial charge in [-0.25, -0.2) is 0 Å². The van der Waals surface area contributed by atoms with Crippen LogP contribution in [0.3, 0.4) is 0 Å². The highest BCUT2D eigenvalue weighted by Gasteiger charge is 2.47. The predicted molar refractivity (Wildman–Crippen MR) is 104 cm³/mol. The lowest BCUT2D eigenvalue weighted by Crippen LogP contribution is -2.60. The lowest BCUT2D eigenvalue weighted by molar-refractivity contribution is 0.677. The summed E-state index contributed by atoms with van der Waals surface area (Å²) >= 11 is 0. The Kier molecular flexibility index (Phi) is 5.14. The lowest BCUT2D eigenvalue weighted by Gasteiger charge is -2.45. The molecule has 0 aliphatic rings. The van der Waals surface area contributed by atoms with Crippen molar-refractivity contribution < 1.29 is 12.6 Å². The highest BCUT2D eigenvalue weighted by Crippen LogP contribution is 2.38. The summed E-state index contributed by atoms with van der Waals surface area (Å²) in [5.41, 5.74) is 0. The predicted octanol–water partition coefficient (Wildman–Crippen LogP) is 2.38. The molecule has 0 amide bonds. The molecular formula is C10H27Cl3O3S3Si. The third-order valence-electron chi connectivity index (χ3n) is 2.25. The molecule has 0 aromatic carbocycles. The van der Waals surface area contributed by atoms with E-state index in [-0.39, 0.29) is 16.1 Å². The smallest absolute Gasteiger partial charge is 0.0881 e. The maximum Gasteiger partial charge on any atom is 0.0881 e. The Morgan fingerprint density at radius 1 is 0.650 bits per heavy atom. The minimum atomic E-state index is -3.35. The van der Waals surface area contributed by atoms with Crippen LogP contribution in [0.4, 0.5) is 0 Å². The Bertz CT molecular complexity index is 494. The molecular weight excluding hydrogens is 399 g/mol. The molecule has 0 saturated heterocycles. The molecule has 0 aliphatic carbocycles. The molecule has 0 unspecified atom stereocenters. The van der Waals surface area contributed by atoms with Gasteiger partial charge in [0, 0.05) is 53.7 Å². The van der Waals surface area contributed by atoms with Gasteiger partial charge in [-0.15, -0.1) is 0 Å². The van der Waals surface area contributed by atoms with Gasteiger partial charge in [0.05, 0.1) is 8.07 Å². The second-order valence-corrected chi connectivity index (χ2v) is 35.2. The van der Waals surface area contributed by atoms with Crippen LogP contribution in [0.5, 0.6) is 0 Å². The lowest BCUT2D eigenvalue weighted by atomic mass is 11.7. The molecule has 10 heteroatoms. The standard InChI is InChI=1S/C10H27Cl3O3S3Si/c1-17(2,11,14)8-20(7,9-18(3,4,12)15)10-19(5,6,13)16/h8-10H2,1-7H3. The van der Waals surface area contributed by atoms with Crippen LogP contribution in [0.25, 0.3) is 0 Å². The van der Waals surface area contributed by atoms with Crippen molar-refractivity contribution in [3.05, 3.63) is 0 Å². The van der Waals surface area contributed by atoms with Crippen LogP contribution in [-0.2, 0) is 24.8 Å². The maximum absolute atomic E-state index is 12.5. The quantitative estimate of drug-likeness (QED) is 0.485. The molecule has 0 spiro atoms. The molecule has 0 heterocycles. The molecule has 20 heavy (non-hydrogen) atoms. The number of rotatable bonds is 6. The largest absolute Gasteiger partial charge is 0.269 e. The van der Waals surface area contributed by atoms with Gasteiger partial charge < -0.3 is 0 Å². The van der Waals surface area contributed by atoms with Crippen LogP contribution in [0.15, 0.2) is 0 Å². The number of hydrogen-bond donors (Lipinski definition) is 0. The summed E-state index contributed by atoms with van der Waals surface area (Å²) in [7, 11) is 5.82. The van der Waals surface area contributed by atoms with Crippen LogP contribution in [0.1, 0.15) is 0 Å². The van der Waals surface area contributed by atoms with Crippen LogP contribution in [-0.4, -0.2) is 74.4 Å². The highest BCUT2D eigenvalue weighted by atomic mass is 35.7. The highest BCUT2D eigenvalue weighted by molar-refractivity contribution is 8.41. The van der Waals surface area contributed by atoms with Gasteiger partial charge in [-0.1, -0.05) is 6.55 Å². The number of hydrogen-bond acceptors (Lipinski definition) is 3. The molecule has 0 aromatic heterocycles. The number of halogens is 3. The van der Waals surface area contributed by atoms with Gasteiger partial charge in [0.2, 0.25) is 0 Å². The average Bonchev–Trinajstić information content (AvgIpc) is 1.56. The summed E-state index contributed by atoms with van der Waals surface area (Å²) in [5.74, 6) is 0. The zero-order chi connectivity index (χ0) is 17.0. The van der Waals surface area contributed by atoms with Crippen LogP contribution in [0.2, 0.25) is 6.55 Å². The molecule has 3 nitrogen and oxygen atoms in total. The van der Waals surface area contributed by atoms with Crippen molar-refractivity contribution in [3.8, 4) is 0 Å². The fourth-order valence-electron chi connectivity index (χ4n) is 3.04. The summed E-state index contributed by atoms with van der Waals surface area (Å²) < 4.78 is 37.6. The topological polar surface area (TPSA) is 51.2 Å². The van der Waals surface area contributed by atoms with Crippen molar-refractivity contribution in [1.29, 1.82) is 0 Å². The molecule has 0 radical (unpaired) electrons. The molecule has 0 N–H and O–H groups in total. The molecule has 0 bridgehead atoms. The van der Waals surface area contributed by atoms with Gasteiger partial charge in [0.25, 0.3) is 0 Å². The normalized spacial score (nSPS) is 23.4. The van der Waals surface area contributed by atoms with E-state index in [4.69, 9.17) is 32.0 Å². The minimum Gasteiger partial charge on any atom is -0.269 e. The third-order valence-corrected chi connectivity index (χ3v) is 23.2. The Hall–Kier alpha value is 1.54. The fraction of sp³-hybridized carbons (Fsp3) is 1.00. The molecule has 0 atom stereocenters. The van der Waals surface area contributed by atoms with E-state index >= 15 is 0 Å². The van der Waals surface area contributed by atoms with E-state index in [1.165, 1.54) is 37.5 Å². The molecule has 0 fully saturated rings. The van der Waals surface area contributed by atoms with Crippen molar-refractivity contribution >= 4 is 65.0 Å². The summed E-state index contributed by atoms with van der Waals surface area (Å²) in [6, 6.07) is 0. The van der Waals surface area contributed by atoms with Crippen molar-refractivity contribution in [2.24, 2.45) is 0 Å². The zero-order valence-electron chi connectivity index (χ0n) is 13.2. The van der Waals surface area contributed by atoms with Crippen LogP contribution in [0, 0.1) is 0 Å². The summed E-state index contributed by atoms with van der Waals surface area (Å²) in [6.45, 7) is 1.88. The fourth-order valence-corrected chi connectivity index (χ4v) is 36.7. The van der Waals surface area contributed by atoms with Gasteiger partial charge in [0.1, 0.15) is 0 Å². The molecule has 0 aromatic rings. The minimum absolute atomic E-state index is 0.192. The van der Waals surface area contributed by atoms with Crippen molar-refractivity contribution in [2.45, 2.75) is 6.55 Å². The first-order valence-electron chi connectivity index (χ1n) is 5.84. The first kappa shape index (κ1) is 21.5. The Labute approximate surface area is 137 Å². The zero-order valence-corrected chi connectivity index (χ0v) is 18.9. The van der Waals surface area contributed by atoms with E-state index in [9.17, 15) is 12.6 Å². The van der Waals surface area contributed by atoms with Crippen molar-refractivity contribution in [2.75, 3.05) is 53.7 Å². The van der Waals surface area contributed by atoms with Gasteiger partial charge in [0.15, 0.2) is 0 Å². The maximum atomic E-state index is 12.5. The van der Waals surface area contributed by atoms with Crippen LogP contribution < -0.4 is 0 Å². The van der Waals surface area contributed by atoms with Crippen molar-refractivity contribution in [1.82, 2.24) is 0 Å². The first-order chi connectivity index (χ1) is 7.88. The third kappa shape index (κ3) is 13.2. The van der Waals surface area contributed by atoms with Gasteiger partial charge in [-0.3, -0.25) is 12.6 Å². The Balaban J connectivity index is 5.80. The van der Waals surface area contributed by atoms with Gasteiger partial charge in [-0.2, -0.15) is 0 Å². The first-order valence-corrected chi connectivity index (χ1v) is 20.3. The molecule has 0 rings (SSSR count). The molecule has 0 aliphatic heterocycles. The van der Waals surface area contributed by atoms with Gasteiger partial charge in [-0.05, 0) is 56.9 Å². The Morgan fingerprint density at radius 2 is 0.800 bits per heavy atom.